The highest BCUT2D eigenvalue weighted by molar-refractivity contribution is 5.88. The van der Waals surface area contributed by atoms with Crippen LogP contribution >= 0.6 is 0 Å². The van der Waals surface area contributed by atoms with Crippen molar-refractivity contribution in [3.05, 3.63) is 93.0 Å². The van der Waals surface area contributed by atoms with Gasteiger partial charge >= 0.3 is 0 Å². The average molecular weight is 369 g/mol. The molecule has 28 heavy (non-hydrogen) atoms. The van der Waals surface area contributed by atoms with E-state index in [1.165, 1.54) is 33.4 Å². The molecule has 3 rings (SSSR count). The number of hydrogen-bond donors (Lipinski definition) is 0. The first-order valence-corrected chi connectivity index (χ1v) is 9.68. The molecule has 3 aromatic rings. The summed E-state index contributed by atoms with van der Waals surface area (Å²) < 4.78 is 0. The van der Waals surface area contributed by atoms with Gasteiger partial charge in [0.15, 0.2) is 0 Å². The number of aliphatic imine (C=N–C) groups is 2. The van der Waals surface area contributed by atoms with E-state index in [4.69, 9.17) is 9.98 Å². The second kappa shape index (κ2) is 8.35. The summed E-state index contributed by atoms with van der Waals surface area (Å²) in [5, 5.41) is 0. The second-order valence-electron chi connectivity index (χ2n) is 7.60. The van der Waals surface area contributed by atoms with Crippen LogP contribution < -0.4 is 0 Å². The van der Waals surface area contributed by atoms with E-state index >= 15 is 0 Å². The Labute approximate surface area is 168 Å². The minimum absolute atomic E-state index is 0.874. The Morgan fingerprint density at radius 3 is 1.36 bits per heavy atom. The van der Waals surface area contributed by atoms with Gasteiger partial charge in [0.25, 0.3) is 0 Å². The zero-order valence-corrected chi connectivity index (χ0v) is 17.7. The highest BCUT2D eigenvalue weighted by atomic mass is 14.8. The van der Waals surface area contributed by atoms with Gasteiger partial charge in [0.2, 0.25) is 0 Å². The molecule has 2 heteroatoms. The first kappa shape index (κ1) is 19.8. The van der Waals surface area contributed by atoms with Crippen LogP contribution in [0.15, 0.2) is 58.5 Å². The Bertz CT molecular complexity index is 986. The molecule has 0 aliphatic rings. The number of aryl methyl sites for hydroxylation is 4. The normalized spacial score (nSPS) is 11.6. The molecule has 0 atom stereocenters. The third-order valence-corrected chi connectivity index (χ3v) is 5.27. The molecule has 0 saturated carbocycles. The van der Waals surface area contributed by atoms with Gasteiger partial charge in [-0.2, -0.15) is 0 Å². The SMILES string of the molecule is Cc1cc(C)c(C)c(C=Nc2ccccc2N=Cc2cc(C)cc(C)c2C)c1. The van der Waals surface area contributed by atoms with Gasteiger partial charge in [-0.05, 0) is 87.1 Å². The molecule has 0 aliphatic carbocycles. The standard InChI is InChI=1S/C26H28N2/c1-17-11-19(3)21(5)23(13-17)15-27-25-9-7-8-10-26(25)28-16-24-14-18(2)12-20(4)22(24)6/h7-16H,1-6H3. The van der Waals surface area contributed by atoms with Crippen LogP contribution in [0, 0.1) is 41.5 Å². The van der Waals surface area contributed by atoms with Crippen molar-refractivity contribution in [1.82, 2.24) is 0 Å². The Morgan fingerprint density at radius 2 is 0.964 bits per heavy atom. The molecule has 0 N–H and O–H groups in total. The van der Waals surface area contributed by atoms with Crippen molar-refractivity contribution in [2.24, 2.45) is 9.98 Å². The molecule has 0 heterocycles. The van der Waals surface area contributed by atoms with Crippen LogP contribution in [0.1, 0.15) is 44.5 Å². The van der Waals surface area contributed by atoms with Gasteiger partial charge in [-0.15, -0.1) is 0 Å². The lowest BCUT2D eigenvalue weighted by Gasteiger charge is -2.07. The summed E-state index contributed by atoms with van der Waals surface area (Å²) in [4.78, 5) is 9.50. The van der Waals surface area contributed by atoms with Crippen molar-refractivity contribution in [1.29, 1.82) is 0 Å². The third kappa shape index (κ3) is 4.45. The highest BCUT2D eigenvalue weighted by Crippen LogP contribution is 2.28. The number of nitrogens with zero attached hydrogens (tertiary/aromatic N) is 2. The van der Waals surface area contributed by atoms with Crippen LogP contribution in [0.2, 0.25) is 0 Å². The number of benzene rings is 3. The molecule has 0 fully saturated rings. The van der Waals surface area contributed by atoms with Crippen molar-refractivity contribution in [3.8, 4) is 0 Å². The minimum Gasteiger partial charge on any atom is -0.254 e. The summed E-state index contributed by atoms with van der Waals surface area (Å²) in [7, 11) is 0. The summed E-state index contributed by atoms with van der Waals surface area (Å²) in [6.07, 6.45) is 3.90. The summed E-state index contributed by atoms with van der Waals surface area (Å²) >= 11 is 0. The van der Waals surface area contributed by atoms with E-state index in [0.717, 1.165) is 22.5 Å². The van der Waals surface area contributed by atoms with E-state index in [0.29, 0.717) is 0 Å². The van der Waals surface area contributed by atoms with Crippen LogP contribution in [0.4, 0.5) is 11.4 Å². The number of rotatable bonds is 4. The molecule has 3 aromatic carbocycles. The van der Waals surface area contributed by atoms with Gasteiger partial charge in [-0.1, -0.05) is 47.5 Å². The number of para-hydroxylation sites is 2. The molecule has 0 amide bonds. The van der Waals surface area contributed by atoms with Crippen LogP contribution in [0.5, 0.6) is 0 Å². The lowest BCUT2D eigenvalue weighted by Crippen LogP contribution is -1.93. The minimum atomic E-state index is 0.874. The number of hydrogen-bond acceptors (Lipinski definition) is 2. The Kier molecular flexibility index (Phi) is 5.89. The molecule has 2 nitrogen and oxygen atoms in total. The lowest BCUT2D eigenvalue weighted by atomic mass is 10.0. The van der Waals surface area contributed by atoms with Crippen molar-refractivity contribution >= 4 is 23.8 Å². The van der Waals surface area contributed by atoms with Crippen molar-refractivity contribution < 1.29 is 0 Å². The lowest BCUT2D eigenvalue weighted by molar-refractivity contribution is 1.28. The molecule has 0 radical (unpaired) electrons. The van der Waals surface area contributed by atoms with Crippen LogP contribution in [-0.4, -0.2) is 12.4 Å². The van der Waals surface area contributed by atoms with Gasteiger partial charge in [0.05, 0.1) is 11.4 Å². The van der Waals surface area contributed by atoms with E-state index in [1.807, 2.05) is 36.7 Å². The van der Waals surface area contributed by atoms with Gasteiger partial charge in [-0.25, -0.2) is 0 Å². The summed E-state index contributed by atoms with van der Waals surface area (Å²) in [6.45, 7) is 12.8. The largest absolute Gasteiger partial charge is 0.254 e. The predicted octanol–water partition coefficient (Wildman–Crippen LogP) is 7.04. The zero-order valence-electron chi connectivity index (χ0n) is 17.7. The molecule has 0 spiro atoms. The second-order valence-corrected chi connectivity index (χ2v) is 7.60. The zero-order chi connectivity index (χ0) is 20.3. The first-order chi connectivity index (χ1) is 13.3. The maximum absolute atomic E-state index is 4.75. The first-order valence-electron chi connectivity index (χ1n) is 9.68. The molecule has 0 aromatic heterocycles. The van der Waals surface area contributed by atoms with E-state index in [2.05, 4.69) is 65.8 Å². The summed E-state index contributed by atoms with van der Waals surface area (Å²) in [6, 6.07) is 16.8. The molecule has 0 unspecified atom stereocenters. The molecule has 0 aliphatic heterocycles. The Balaban J connectivity index is 1.95. The smallest absolute Gasteiger partial charge is 0.0886 e. The van der Waals surface area contributed by atoms with E-state index in [1.54, 1.807) is 0 Å². The highest BCUT2D eigenvalue weighted by Gasteiger charge is 2.03. The molecular formula is C26H28N2. The fraction of sp³-hybridized carbons (Fsp3) is 0.231. The van der Waals surface area contributed by atoms with Crippen LogP contribution in [0.3, 0.4) is 0 Å². The van der Waals surface area contributed by atoms with Crippen LogP contribution in [-0.2, 0) is 0 Å². The monoisotopic (exact) mass is 368 g/mol. The van der Waals surface area contributed by atoms with Gasteiger partial charge < -0.3 is 0 Å². The topological polar surface area (TPSA) is 24.7 Å². The maximum Gasteiger partial charge on any atom is 0.0886 e. The van der Waals surface area contributed by atoms with Crippen molar-refractivity contribution in [3.63, 3.8) is 0 Å². The average Bonchev–Trinajstić information content (AvgIpc) is 2.65. The maximum atomic E-state index is 4.75. The van der Waals surface area contributed by atoms with E-state index in [-0.39, 0.29) is 0 Å². The Hall–Kier alpha value is -3.00. The van der Waals surface area contributed by atoms with E-state index < -0.39 is 0 Å². The van der Waals surface area contributed by atoms with E-state index in [9.17, 15) is 0 Å². The molecule has 0 bridgehead atoms. The fourth-order valence-electron chi connectivity index (χ4n) is 3.37. The van der Waals surface area contributed by atoms with Crippen LogP contribution in [0.25, 0.3) is 0 Å². The molecule has 142 valence electrons. The summed E-state index contributed by atoms with van der Waals surface area (Å²) in [5.74, 6) is 0. The molecular weight excluding hydrogens is 340 g/mol. The van der Waals surface area contributed by atoms with Gasteiger partial charge in [0, 0.05) is 12.4 Å². The molecule has 0 saturated heterocycles. The summed E-state index contributed by atoms with van der Waals surface area (Å²) in [5.41, 5.74) is 11.7. The van der Waals surface area contributed by atoms with Gasteiger partial charge in [-0.3, -0.25) is 9.98 Å². The fourth-order valence-corrected chi connectivity index (χ4v) is 3.37. The third-order valence-electron chi connectivity index (χ3n) is 5.27. The van der Waals surface area contributed by atoms with Crippen molar-refractivity contribution in [2.45, 2.75) is 41.5 Å². The van der Waals surface area contributed by atoms with Gasteiger partial charge in [0.1, 0.15) is 0 Å². The predicted molar refractivity (Wildman–Crippen MR) is 122 cm³/mol. The Morgan fingerprint density at radius 1 is 0.571 bits per heavy atom. The van der Waals surface area contributed by atoms with Crippen molar-refractivity contribution in [2.75, 3.05) is 0 Å². The quantitative estimate of drug-likeness (QED) is 0.441.